The van der Waals surface area contributed by atoms with E-state index in [2.05, 4.69) is 19.4 Å². The van der Waals surface area contributed by atoms with Crippen molar-refractivity contribution >= 4 is 26.8 Å². The Balaban J connectivity index is 2.04. The number of alkyl halides is 5. The van der Waals surface area contributed by atoms with Crippen LogP contribution in [0.3, 0.4) is 0 Å². The predicted molar refractivity (Wildman–Crippen MR) is 94.3 cm³/mol. The molecule has 0 atom stereocenters. The van der Waals surface area contributed by atoms with Crippen molar-refractivity contribution < 1.29 is 34.6 Å². The van der Waals surface area contributed by atoms with Gasteiger partial charge in [-0.2, -0.15) is 21.6 Å². The highest BCUT2D eigenvalue weighted by Crippen LogP contribution is 2.36. The van der Waals surface area contributed by atoms with Crippen LogP contribution in [0.4, 0.5) is 22.0 Å². The summed E-state index contributed by atoms with van der Waals surface area (Å²) < 4.78 is 93.5. The average Bonchev–Trinajstić information content (AvgIpc) is 3.12. The summed E-state index contributed by atoms with van der Waals surface area (Å²) in [6.45, 7) is 0. The van der Waals surface area contributed by atoms with Crippen LogP contribution in [-0.4, -0.2) is 33.5 Å². The van der Waals surface area contributed by atoms with Crippen LogP contribution in [0.1, 0.15) is 12.2 Å². The molecule has 0 aliphatic carbocycles. The van der Waals surface area contributed by atoms with Crippen molar-refractivity contribution in [3.05, 3.63) is 54.4 Å². The predicted octanol–water partition coefficient (Wildman–Crippen LogP) is 4.11. The van der Waals surface area contributed by atoms with Gasteiger partial charge in [0.2, 0.25) is 11.7 Å². The minimum Gasteiger partial charge on any atom is -0.355 e. The number of halogens is 5. The second-order valence-corrected chi connectivity index (χ2v) is 7.52. The van der Waals surface area contributed by atoms with E-state index in [1.807, 2.05) is 0 Å². The van der Waals surface area contributed by atoms with Crippen LogP contribution in [-0.2, 0) is 10.1 Å². The first-order chi connectivity index (χ1) is 14.1. The normalized spacial score (nSPS) is 12.7. The molecule has 0 aliphatic rings. The van der Waals surface area contributed by atoms with Crippen molar-refractivity contribution in [1.29, 1.82) is 0 Å². The van der Waals surface area contributed by atoms with Crippen LogP contribution in [0, 0.1) is 0 Å². The standard InChI is InChI=1S/C17H9F5N4O3S/c18-14(19)15-25-24-13-7-6-11-12(26(13)15)8-10(9-4-2-1-3-5-9)16(23-11)29-30(27,28)17(20,21)22/h1-8,14H. The number of hydrogen-bond donors (Lipinski definition) is 0. The van der Waals surface area contributed by atoms with E-state index in [-0.39, 0.29) is 27.8 Å². The van der Waals surface area contributed by atoms with Gasteiger partial charge in [0.1, 0.15) is 0 Å². The van der Waals surface area contributed by atoms with Gasteiger partial charge in [-0.05, 0) is 23.8 Å². The minimum absolute atomic E-state index is 0.0309. The maximum Gasteiger partial charge on any atom is 0.534 e. The van der Waals surface area contributed by atoms with Crippen molar-refractivity contribution in [3.8, 4) is 17.0 Å². The molecule has 30 heavy (non-hydrogen) atoms. The molecule has 0 N–H and O–H groups in total. The average molecular weight is 444 g/mol. The Bertz CT molecular complexity index is 1350. The van der Waals surface area contributed by atoms with E-state index >= 15 is 0 Å². The molecule has 0 saturated heterocycles. The van der Waals surface area contributed by atoms with Crippen LogP contribution >= 0.6 is 0 Å². The second-order valence-electron chi connectivity index (χ2n) is 5.98. The molecule has 0 saturated carbocycles. The molecule has 13 heteroatoms. The van der Waals surface area contributed by atoms with E-state index in [9.17, 15) is 30.4 Å². The fourth-order valence-electron chi connectivity index (χ4n) is 2.80. The summed E-state index contributed by atoms with van der Waals surface area (Å²) in [6.07, 6.45) is -2.99. The second kappa shape index (κ2) is 6.86. The Morgan fingerprint density at radius 2 is 1.70 bits per heavy atom. The fourth-order valence-corrected chi connectivity index (χ4v) is 3.23. The van der Waals surface area contributed by atoms with Crippen molar-refractivity contribution in [3.63, 3.8) is 0 Å². The minimum atomic E-state index is -6.02. The van der Waals surface area contributed by atoms with Gasteiger partial charge in [-0.25, -0.2) is 13.8 Å². The number of rotatable bonds is 4. The van der Waals surface area contributed by atoms with Gasteiger partial charge < -0.3 is 4.18 Å². The summed E-state index contributed by atoms with van der Waals surface area (Å²) in [5.41, 5.74) is -5.60. The van der Waals surface area contributed by atoms with Crippen molar-refractivity contribution in [2.75, 3.05) is 0 Å². The molecule has 3 aromatic heterocycles. The monoisotopic (exact) mass is 444 g/mol. The number of hydrogen-bond acceptors (Lipinski definition) is 6. The van der Waals surface area contributed by atoms with Gasteiger partial charge in [-0.1, -0.05) is 30.3 Å². The van der Waals surface area contributed by atoms with E-state index in [1.165, 1.54) is 30.3 Å². The third-order valence-electron chi connectivity index (χ3n) is 4.09. The van der Waals surface area contributed by atoms with Crippen LogP contribution in [0.5, 0.6) is 5.88 Å². The molecule has 3 heterocycles. The zero-order valence-corrected chi connectivity index (χ0v) is 15.3. The molecule has 0 unspecified atom stereocenters. The Morgan fingerprint density at radius 3 is 2.33 bits per heavy atom. The first-order valence-electron chi connectivity index (χ1n) is 8.11. The Hall–Kier alpha value is -3.35. The van der Waals surface area contributed by atoms with Gasteiger partial charge >= 0.3 is 15.6 Å². The van der Waals surface area contributed by atoms with Gasteiger partial charge in [0.15, 0.2) is 5.65 Å². The summed E-state index contributed by atoms with van der Waals surface area (Å²) in [4.78, 5) is 3.86. The molecule has 1 aromatic carbocycles. The molecule has 4 rings (SSSR count). The van der Waals surface area contributed by atoms with Crippen LogP contribution in [0.2, 0.25) is 0 Å². The largest absolute Gasteiger partial charge is 0.534 e. The van der Waals surface area contributed by atoms with Gasteiger partial charge in [0.05, 0.1) is 11.0 Å². The van der Waals surface area contributed by atoms with E-state index < -0.39 is 33.8 Å². The SMILES string of the molecule is O=S(=O)(Oc1nc2ccc3nnc(C(F)F)n3c2cc1-c1ccccc1)C(F)(F)F. The highest BCUT2D eigenvalue weighted by molar-refractivity contribution is 7.88. The fraction of sp³-hybridized carbons (Fsp3) is 0.118. The van der Waals surface area contributed by atoms with Gasteiger partial charge in [0, 0.05) is 5.56 Å². The van der Waals surface area contributed by atoms with Crippen LogP contribution in [0.25, 0.3) is 27.8 Å². The lowest BCUT2D eigenvalue weighted by molar-refractivity contribution is -0.0501. The Morgan fingerprint density at radius 1 is 1.00 bits per heavy atom. The Kier molecular flexibility index (Phi) is 4.56. The van der Waals surface area contributed by atoms with Gasteiger partial charge in [0.25, 0.3) is 6.43 Å². The van der Waals surface area contributed by atoms with Crippen molar-refractivity contribution in [2.45, 2.75) is 11.9 Å². The van der Waals surface area contributed by atoms with Gasteiger partial charge in [-0.15, -0.1) is 10.2 Å². The van der Waals surface area contributed by atoms with E-state index in [0.29, 0.717) is 0 Å². The number of aromatic nitrogens is 4. The number of nitrogens with zero attached hydrogens (tertiary/aromatic N) is 4. The molecule has 0 amide bonds. The molecule has 0 fully saturated rings. The summed E-state index contributed by atoms with van der Waals surface area (Å²) in [6, 6.07) is 11.4. The Labute approximate surface area is 164 Å². The molecule has 7 nitrogen and oxygen atoms in total. The number of fused-ring (bicyclic) bond motifs is 3. The van der Waals surface area contributed by atoms with Crippen molar-refractivity contribution in [2.24, 2.45) is 0 Å². The highest BCUT2D eigenvalue weighted by Gasteiger charge is 2.49. The lowest BCUT2D eigenvalue weighted by Gasteiger charge is -2.14. The molecule has 156 valence electrons. The zero-order valence-electron chi connectivity index (χ0n) is 14.5. The van der Waals surface area contributed by atoms with Gasteiger partial charge in [-0.3, -0.25) is 4.40 Å². The smallest absolute Gasteiger partial charge is 0.355 e. The first-order valence-corrected chi connectivity index (χ1v) is 9.52. The third-order valence-corrected chi connectivity index (χ3v) is 5.04. The molecule has 0 radical (unpaired) electrons. The van der Waals surface area contributed by atoms with Crippen LogP contribution in [0.15, 0.2) is 48.5 Å². The summed E-state index contributed by atoms with van der Waals surface area (Å²) in [5, 5.41) is 7.06. The summed E-state index contributed by atoms with van der Waals surface area (Å²) in [5.74, 6) is -1.55. The summed E-state index contributed by atoms with van der Waals surface area (Å²) in [7, 11) is -6.02. The van der Waals surface area contributed by atoms with E-state index in [4.69, 9.17) is 0 Å². The molecule has 4 aromatic rings. The van der Waals surface area contributed by atoms with E-state index in [1.54, 1.807) is 18.2 Å². The van der Waals surface area contributed by atoms with E-state index in [0.717, 1.165) is 4.40 Å². The number of benzene rings is 1. The summed E-state index contributed by atoms with van der Waals surface area (Å²) >= 11 is 0. The lowest BCUT2D eigenvalue weighted by Crippen LogP contribution is -2.28. The highest BCUT2D eigenvalue weighted by atomic mass is 32.2. The van der Waals surface area contributed by atoms with Crippen LogP contribution < -0.4 is 4.18 Å². The molecule has 0 aliphatic heterocycles. The topological polar surface area (TPSA) is 86.5 Å². The molecule has 0 spiro atoms. The molecular weight excluding hydrogens is 435 g/mol. The molecule has 0 bridgehead atoms. The maximum absolute atomic E-state index is 13.3. The quantitative estimate of drug-likeness (QED) is 0.268. The maximum atomic E-state index is 13.3. The molecular formula is C17H9F5N4O3S. The number of pyridine rings is 2. The lowest BCUT2D eigenvalue weighted by atomic mass is 10.1. The first kappa shape index (κ1) is 19.9. The van der Waals surface area contributed by atoms with Crippen molar-refractivity contribution in [1.82, 2.24) is 19.6 Å². The zero-order chi connectivity index (χ0) is 21.7. The third kappa shape index (κ3) is 3.30.